The van der Waals surface area contributed by atoms with Gasteiger partial charge in [0.05, 0.1) is 17.6 Å². The topological polar surface area (TPSA) is 120 Å². The number of aromatic carboxylic acids is 1. The summed E-state index contributed by atoms with van der Waals surface area (Å²) in [5, 5.41) is 15.8. The highest BCUT2D eigenvalue weighted by Crippen LogP contribution is 2.51. The number of carboxylic acid groups (broad SMARTS) is 1. The summed E-state index contributed by atoms with van der Waals surface area (Å²) in [5.41, 5.74) is 13.8. The normalized spacial score (nSPS) is 16.1. The number of hydrazine groups is 1. The molecule has 43 heavy (non-hydrogen) atoms. The second-order valence-electron chi connectivity index (χ2n) is 10.8. The molecule has 1 fully saturated rings. The van der Waals surface area contributed by atoms with Gasteiger partial charge in [0.25, 0.3) is 0 Å². The highest BCUT2D eigenvalue weighted by Gasteiger charge is 2.45. The Morgan fingerprint density at radius 1 is 0.953 bits per heavy atom. The van der Waals surface area contributed by atoms with E-state index in [-0.39, 0.29) is 17.4 Å². The van der Waals surface area contributed by atoms with Crippen LogP contribution in [0.25, 0.3) is 27.9 Å². The lowest BCUT2D eigenvalue weighted by molar-refractivity contribution is 0.0695. The van der Waals surface area contributed by atoms with Gasteiger partial charge in [-0.25, -0.2) is 15.3 Å². The Morgan fingerprint density at radius 2 is 1.63 bits per heavy atom. The molecule has 0 aliphatic heterocycles. The largest absolute Gasteiger partial charge is 0.489 e. The Hall–Kier alpha value is -5.34. The number of nitrogens with two attached hydrogens (primary N) is 2. The van der Waals surface area contributed by atoms with Crippen LogP contribution in [-0.4, -0.2) is 32.9 Å². The van der Waals surface area contributed by atoms with Gasteiger partial charge in [0.1, 0.15) is 17.9 Å². The zero-order chi connectivity index (χ0) is 29.9. The number of ether oxygens (including phenoxy) is 1. The zero-order valence-electron chi connectivity index (χ0n) is 23.8. The molecular formula is C35H33N5O3. The van der Waals surface area contributed by atoms with Gasteiger partial charge in [-0.1, -0.05) is 78.9 Å². The monoisotopic (exact) mass is 571 g/mol. The molecule has 0 bridgehead atoms. The molecule has 1 saturated carbocycles. The second kappa shape index (κ2) is 11.9. The lowest BCUT2D eigenvalue weighted by Gasteiger charge is -2.12. The Bertz CT molecular complexity index is 1780. The van der Waals surface area contributed by atoms with Gasteiger partial charge in [0.2, 0.25) is 0 Å². The maximum absolute atomic E-state index is 12.1. The van der Waals surface area contributed by atoms with Crippen molar-refractivity contribution in [3.63, 3.8) is 0 Å². The minimum Gasteiger partial charge on any atom is -0.489 e. The number of benzene rings is 4. The molecule has 4 aromatic carbocycles. The van der Waals surface area contributed by atoms with Gasteiger partial charge in [-0.2, -0.15) is 5.10 Å². The van der Waals surface area contributed by atoms with Crippen molar-refractivity contribution in [3.05, 3.63) is 138 Å². The molecule has 5 N–H and O–H groups in total. The summed E-state index contributed by atoms with van der Waals surface area (Å²) in [6, 6.07) is 34.5. The van der Waals surface area contributed by atoms with Crippen LogP contribution in [0.3, 0.4) is 0 Å². The van der Waals surface area contributed by atoms with Crippen molar-refractivity contribution in [3.8, 4) is 33.7 Å². The lowest BCUT2D eigenvalue weighted by Crippen LogP contribution is -2.21. The van der Waals surface area contributed by atoms with E-state index < -0.39 is 5.97 Å². The van der Waals surface area contributed by atoms with Gasteiger partial charge >= 0.3 is 5.97 Å². The number of hydrogen-bond acceptors (Lipinski definition) is 6. The van der Waals surface area contributed by atoms with E-state index in [1.807, 2.05) is 66.7 Å². The van der Waals surface area contributed by atoms with Crippen molar-refractivity contribution in [2.45, 2.75) is 18.9 Å². The third kappa shape index (κ3) is 6.14. The highest BCUT2D eigenvalue weighted by molar-refractivity contribution is 5.89. The molecule has 0 radical (unpaired) electrons. The molecule has 1 aliphatic rings. The van der Waals surface area contributed by atoms with Crippen LogP contribution in [0.2, 0.25) is 0 Å². The quantitative estimate of drug-likeness (QED) is 0.135. The number of carboxylic acids is 1. The molecule has 0 saturated heterocycles. The fourth-order valence-electron chi connectivity index (χ4n) is 5.46. The first-order valence-corrected chi connectivity index (χ1v) is 14.1. The van der Waals surface area contributed by atoms with Crippen molar-refractivity contribution < 1.29 is 14.6 Å². The molecule has 2 atom stereocenters. The lowest BCUT2D eigenvalue weighted by atomic mass is 10.0. The van der Waals surface area contributed by atoms with Crippen LogP contribution in [0.5, 0.6) is 5.75 Å². The van der Waals surface area contributed by atoms with E-state index in [4.69, 9.17) is 16.3 Å². The molecule has 1 aromatic heterocycles. The van der Waals surface area contributed by atoms with Crippen molar-refractivity contribution in [2.75, 3.05) is 7.05 Å². The Labute approximate surface area is 250 Å². The maximum Gasteiger partial charge on any atom is 0.339 e. The van der Waals surface area contributed by atoms with Crippen LogP contribution in [0.1, 0.15) is 34.0 Å². The van der Waals surface area contributed by atoms with Gasteiger partial charge in [-0.3, -0.25) is 0 Å². The molecule has 1 aliphatic carbocycles. The van der Waals surface area contributed by atoms with E-state index in [0.717, 1.165) is 34.5 Å². The molecule has 216 valence electrons. The number of allylic oxidation sites excluding steroid dienone is 1. The van der Waals surface area contributed by atoms with Crippen LogP contribution in [0.15, 0.2) is 121 Å². The van der Waals surface area contributed by atoms with Gasteiger partial charge in [-0.15, -0.1) is 0 Å². The van der Waals surface area contributed by atoms with E-state index in [0.29, 0.717) is 18.0 Å². The van der Waals surface area contributed by atoms with Crippen molar-refractivity contribution in [1.29, 1.82) is 0 Å². The molecule has 1 unspecified atom stereocenters. The van der Waals surface area contributed by atoms with E-state index in [1.54, 1.807) is 17.9 Å². The van der Waals surface area contributed by atoms with Crippen molar-refractivity contribution >= 4 is 5.97 Å². The molecule has 5 aromatic rings. The SMILES string of the molecule is CN(N)/C=C(\N)[C@H]1CC1c1c(C(=O)O)cnn1-c1cccc(-c2cccc(OCc3ccc(-c4ccccc4)cc3)c2)c1. The predicted octanol–water partition coefficient (Wildman–Crippen LogP) is 6.19. The summed E-state index contributed by atoms with van der Waals surface area (Å²) in [6.07, 6.45) is 3.81. The Balaban J connectivity index is 1.21. The fourth-order valence-corrected chi connectivity index (χ4v) is 5.46. The number of aromatic nitrogens is 2. The number of carbonyl (C=O) groups is 1. The molecule has 8 heteroatoms. The molecule has 6 rings (SSSR count). The molecule has 0 amide bonds. The predicted molar refractivity (Wildman–Crippen MR) is 167 cm³/mol. The van der Waals surface area contributed by atoms with Gasteiger partial charge < -0.3 is 20.6 Å². The van der Waals surface area contributed by atoms with Crippen LogP contribution in [0, 0.1) is 5.92 Å². The summed E-state index contributed by atoms with van der Waals surface area (Å²) in [5.74, 6) is 5.42. The van der Waals surface area contributed by atoms with Crippen molar-refractivity contribution in [1.82, 2.24) is 14.8 Å². The summed E-state index contributed by atoms with van der Waals surface area (Å²) >= 11 is 0. The first kappa shape index (κ1) is 27.8. The standard InChI is InChI=1S/C35H33N5O3/c1-39(37)21-33(36)30-19-31(30)34-32(35(41)42)20-38-40(34)28-11-5-9-26(17-28)27-10-6-12-29(18-27)43-22-23-13-15-25(16-14-23)24-7-3-2-4-8-24/h2-18,20-21,30-31H,19,22,36-37H2,1H3,(H,41,42)/b33-21-/t30-,31?/m0/s1. The van der Waals surface area contributed by atoms with E-state index in [9.17, 15) is 9.90 Å². The summed E-state index contributed by atoms with van der Waals surface area (Å²) in [4.78, 5) is 12.1. The molecule has 1 heterocycles. The average molecular weight is 572 g/mol. The third-order valence-electron chi connectivity index (χ3n) is 7.68. The summed E-state index contributed by atoms with van der Waals surface area (Å²) in [6.45, 7) is 0.452. The third-order valence-corrected chi connectivity index (χ3v) is 7.68. The second-order valence-corrected chi connectivity index (χ2v) is 10.8. The number of hydrogen-bond donors (Lipinski definition) is 3. The Morgan fingerprint density at radius 3 is 2.35 bits per heavy atom. The van der Waals surface area contributed by atoms with E-state index in [2.05, 4.69) is 41.5 Å². The smallest absolute Gasteiger partial charge is 0.339 e. The van der Waals surface area contributed by atoms with Crippen LogP contribution in [0.4, 0.5) is 0 Å². The van der Waals surface area contributed by atoms with Gasteiger partial charge in [0, 0.05) is 30.8 Å². The minimum atomic E-state index is -1.01. The number of nitrogens with zero attached hydrogens (tertiary/aromatic N) is 3. The van der Waals surface area contributed by atoms with Crippen LogP contribution < -0.4 is 16.3 Å². The first-order chi connectivity index (χ1) is 20.9. The van der Waals surface area contributed by atoms with E-state index in [1.165, 1.54) is 22.3 Å². The van der Waals surface area contributed by atoms with Gasteiger partial charge in [0.15, 0.2) is 0 Å². The maximum atomic E-state index is 12.1. The van der Waals surface area contributed by atoms with Crippen LogP contribution >= 0.6 is 0 Å². The average Bonchev–Trinajstić information content (AvgIpc) is 3.70. The Kier molecular flexibility index (Phi) is 7.68. The zero-order valence-corrected chi connectivity index (χ0v) is 23.8. The number of rotatable bonds is 10. The fraction of sp³-hybridized carbons (Fsp3) is 0.143. The van der Waals surface area contributed by atoms with Crippen LogP contribution in [-0.2, 0) is 6.61 Å². The van der Waals surface area contributed by atoms with Crippen molar-refractivity contribution in [2.24, 2.45) is 17.5 Å². The molecule has 0 spiro atoms. The minimum absolute atomic E-state index is 0.00565. The molecular weight excluding hydrogens is 538 g/mol. The van der Waals surface area contributed by atoms with Gasteiger partial charge in [-0.05, 0) is 58.5 Å². The summed E-state index contributed by atoms with van der Waals surface area (Å²) in [7, 11) is 1.70. The first-order valence-electron chi connectivity index (χ1n) is 14.1. The highest BCUT2D eigenvalue weighted by atomic mass is 16.5. The molecule has 8 nitrogen and oxygen atoms in total. The van der Waals surface area contributed by atoms with E-state index >= 15 is 0 Å². The summed E-state index contributed by atoms with van der Waals surface area (Å²) < 4.78 is 7.87.